The summed E-state index contributed by atoms with van der Waals surface area (Å²) >= 11 is 0. The molecule has 0 amide bonds. The quantitative estimate of drug-likeness (QED) is 0.765. The number of H-pyrrole nitrogens is 1. The van der Waals surface area contributed by atoms with Crippen molar-refractivity contribution >= 4 is 5.97 Å². The second-order valence-electron chi connectivity index (χ2n) is 6.96. The molecule has 1 N–H and O–H groups in total. The molecule has 3 unspecified atom stereocenters. The predicted octanol–water partition coefficient (Wildman–Crippen LogP) is 0.451. The molecule has 0 aromatic carbocycles. The minimum Gasteiger partial charge on any atom is -0.469 e. The first-order chi connectivity index (χ1) is 12.1. The van der Waals surface area contributed by atoms with E-state index in [4.69, 9.17) is 14.2 Å². The van der Waals surface area contributed by atoms with E-state index in [1.54, 1.807) is 13.8 Å². The highest BCUT2D eigenvalue weighted by molar-refractivity contribution is 5.71. The van der Waals surface area contributed by atoms with Crippen LogP contribution in [0.2, 0.25) is 0 Å². The molecule has 0 aliphatic carbocycles. The highest BCUT2D eigenvalue weighted by Gasteiger charge is 2.65. The number of fused-ring (bicyclic) bond motifs is 1. The minimum atomic E-state index is -2.38. The number of rotatable bonds is 4. The van der Waals surface area contributed by atoms with E-state index in [1.165, 1.54) is 20.2 Å². The molecular weight excluding hydrogens is 351 g/mol. The van der Waals surface area contributed by atoms with E-state index in [-0.39, 0.29) is 6.42 Å². The van der Waals surface area contributed by atoms with Crippen LogP contribution in [0.4, 0.5) is 4.39 Å². The lowest BCUT2D eigenvalue weighted by molar-refractivity contribution is -0.260. The standard InChI is InChI=1S/C16H21FN2O7/c1-8(13(21)23-4)7-16(17)11-10(24-15(2,3)25-11)12(26-16)19-6-5-9(20)18-14(19)22/h5-6,8,10-12H,7H2,1-4H3,(H,18,20,22)/t8?,10?,11-,12?,16+/m0/s1. The van der Waals surface area contributed by atoms with Gasteiger partial charge in [0.1, 0.15) is 6.10 Å². The molecule has 0 spiro atoms. The predicted molar refractivity (Wildman–Crippen MR) is 84.9 cm³/mol. The van der Waals surface area contributed by atoms with E-state index in [9.17, 15) is 14.4 Å². The fourth-order valence-electron chi connectivity index (χ4n) is 3.38. The Hall–Kier alpha value is -2.04. The van der Waals surface area contributed by atoms with Gasteiger partial charge in [-0.15, -0.1) is 0 Å². The van der Waals surface area contributed by atoms with E-state index >= 15 is 4.39 Å². The number of esters is 1. The zero-order valence-electron chi connectivity index (χ0n) is 14.9. The minimum absolute atomic E-state index is 0.338. The van der Waals surface area contributed by atoms with Gasteiger partial charge in [-0.25, -0.2) is 9.18 Å². The van der Waals surface area contributed by atoms with Crippen LogP contribution in [0.1, 0.15) is 33.4 Å². The average molecular weight is 372 g/mol. The third kappa shape index (κ3) is 3.19. The Balaban J connectivity index is 1.97. The molecule has 0 bridgehead atoms. The van der Waals surface area contributed by atoms with Crippen molar-refractivity contribution in [1.29, 1.82) is 0 Å². The highest BCUT2D eigenvalue weighted by atomic mass is 19.2. The lowest BCUT2D eigenvalue weighted by Gasteiger charge is -2.29. The third-order valence-corrected chi connectivity index (χ3v) is 4.47. The lowest BCUT2D eigenvalue weighted by Crippen LogP contribution is -2.41. The van der Waals surface area contributed by atoms with E-state index < -0.39 is 53.2 Å². The summed E-state index contributed by atoms with van der Waals surface area (Å²) in [5, 5.41) is 0. The molecular formula is C16H21FN2O7. The normalized spacial score (nSPS) is 33.7. The molecule has 26 heavy (non-hydrogen) atoms. The maximum atomic E-state index is 15.7. The van der Waals surface area contributed by atoms with Crippen molar-refractivity contribution in [1.82, 2.24) is 9.55 Å². The average Bonchev–Trinajstić information content (AvgIpc) is 2.99. The zero-order valence-corrected chi connectivity index (χ0v) is 14.9. The fraction of sp³-hybridized carbons (Fsp3) is 0.688. The summed E-state index contributed by atoms with van der Waals surface area (Å²) in [6.07, 6.45) is -2.40. The topological polar surface area (TPSA) is 109 Å². The number of nitrogens with one attached hydrogen (secondary N) is 1. The SMILES string of the molecule is COC(=O)C(C)C[C@@]1(F)OC(n2ccc(=O)[nH]c2=O)C2OC(C)(C)O[C@@H]21. The van der Waals surface area contributed by atoms with E-state index in [1.807, 2.05) is 0 Å². The van der Waals surface area contributed by atoms with Crippen LogP contribution in [0.15, 0.2) is 21.9 Å². The molecule has 5 atom stereocenters. The van der Waals surface area contributed by atoms with Crippen molar-refractivity contribution < 1.29 is 28.1 Å². The molecule has 3 heterocycles. The second-order valence-corrected chi connectivity index (χ2v) is 6.96. The first-order valence-electron chi connectivity index (χ1n) is 8.18. The smallest absolute Gasteiger partial charge is 0.330 e. The van der Waals surface area contributed by atoms with Crippen LogP contribution in [-0.2, 0) is 23.7 Å². The van der Waals surface area contributed by atoms with Crippen LogP contribution in [0, 0.1) is 5.92 Å². The van der Waals surface area contributed by atoms with Crippen LogP contribution in [0.25, 0.3) is 0 Å². The third-order valence-electron chi connectivity index (χ3n) is 4.47. The molecule has 3 rings (SSSR count). The molecule has 1 aromatic heterocycles. The molecule has 2 saturated heterocycles. The van der Waals surface area contributed by atoms with Crippen molar-refractivity contribution in [2.24, 2.45) is 5.92 Å². The molecule has 10 heteroatoms. The van der Waals surface area contributed by atoms with Crippen LogP contribution in [0.3, 0.4) is 0 Å². The van der Waals surface area contributed by atoms with Crippen molar-refractivity contribution in [2.45, 2.75) is 57.3 Å². The van der Waals surface area contributed by atoms with Crippen LogP contribution in [0.5, 0.6) is 0 Å². The van der Waals surface area contributed by atoms with Gasteiger partial charge in [0.05, 0.1) is 13.0 Å². The zero-order chi connectivity index (χ0) is 19.3. The maximum Gasteiger partial charge on any atom is 0.330 e. The fourth-order valence-corrected chi connectivity index (χ4v) is 3.38. The Bertz CT molecular complexity index is 819. The largest absolute Gasteiger partial charge is 0.469 e. The molecule has 9 nitrogen and oxygen atoms in total. The van der Waals surface area contributed by atoms with Crippen LogP contribution >= 0.6 is 0 Å². The number of carbonyl (C=O) groups is 1. The number of carbonyl (C=O) groups excluding carboxylic acids is 1. The van der Waals surface area contributed by atoms with Crippen LogP contribution < -0.4 is 11.2 Å². The summed E-state index contributed by atoms with van der Waals surface area (Å²) in [5.74, 6) is -4.88. The molecule has 0 saturated carbocycles. The Labute approximate surface area is 148 Å². The maximum absolute atomic E-state index is 15.7. The van der Waals surface area contributed by atoms with Crippen molar-refractivity contribution in [3.05, 3.63) is 33.1 Å². The molecule has 144 valence electrons. The number of aromatic nitrogens is 2. The van der Waals surface area contributed by atoms with Gasteiger partial charge in [0.15, 0.2) is 18.1 Å². The molecule has 1 aromatic rings. The van der Waals surface area contributed by atoms with Gasteiger partial charge in [0.25, 0.3) is 5.56 Å². The van der Waals surface area contributed by atoms with Gasteiger partial charge in [-0.05, 0) is 13.8 Å². The molecule has 2 aliphatic heterocycles. The monoisotopic (exact) mass is 372 g/mol. The van der Waals surface area contributed by atoms with E-state index in [0.29, 0.717) is 0 Å². The summed E-state index contributed by atoms with van der Waals surface area (Å²) in [6, 6.07) is 1.12. The van der Waals surface area contributed by atoms with E-state index in [0.717, 1.165) is 10.6 Å². The lowest BCUT2D eigenvalue weighted by atomic mass is 9.97. The first-order valence-corrected chi connectivity index (χ1v) is 8.18. The van der Waals surface area contributed by atoms with Gasteiger partial charge >= 0.3 is 11.7 Å². The van der Waals surface area contributed by atoms with Crippen molar-refractivity contribution in [3.63, 3.8) is 0 Å². The van der Waals surface area contributed by atoms with Gasteiger partial charge in [-0.2, -0.15) is 0 Å². The van der Waals surface area contributed by atoms with Crippen molar-refractivity contribution in [2.75, 3.05) is 7.11 Å². The molecule has 0 radical (unpaired) electrons. The number of aromatic amines is 1. The number of methoxy groups -OCH3 is 1. The number of hydrogen-bond donors (Lipinski definition) is 1. The Morgan fingerprint density at radius 1 is 1.38 bits per heavy atom. The summed E-state index contributed by atoms with van der Waals surface area (Å²) < 4.78 is 38.2. The van der Waals surface area contributed by atoms with Gasteiger partial charge in [0.2, 0.25) is 5.85 Å². The van der Waals surface area contributed by atoms with Gasteiger partial charge in [-0.1, -0.05) is 6.92 Å². The van der Waals surface area contributed by atoms with Crippen molar-refractivity contribution in [3.8, 4) is 0 Å². The second kappa shape index (κ2) is 6.29. The Kier molecular flexibility index (Phi) is 4.53. The van der Waals surface area contributed by atoms with Gasteiger partial charge < -0.3 is 18.9 Å². The number of nitrogens with zero attached hydrogens (tertiary/aromatic N) is 1. The Morgan fingerprint density at radius 3 is 2.69 bits per heavy atom. The number of alkyl halides is 1. The summed E-state index contributed by atoms with van der Waals surface area (Å²) in [4.78, 5) is 37.2. The van der Waals surface area contributed by atoms with Crippen LogP contribution in [-0.4, -0.2) is 46.5 Å². The first kappa shape index (κ1) is 18.7. The Morgan fingerprint density at radius 2 is 2.08 bits per heavy atom. The number of hydrogen-bond acceptors (Lipinski definition) is 7. The summed E-state index contributed by atoms with van der Waals surface area (Å²) in [5.41, 5.74) is -1.35. The number of ether oxygens (including phenoxy) is 4. The number of halogens is 1. The summed E-state index contributed by atoms with van der Waals surface area (Å²) in [7, 11) is 1.21. The van der Waals surface area contributed by atoms with E-state index in [2.05, 4.69) is 9.72 Å². The highest BCUT2D eigenvalue weighted by Crippen LogP contribution is 2.50. The molecule has 2 fully saturated rings. The van der Waals surface area contributed by atoms with Gasteiger partial charge in [-0.3, -0.25) is 19.1 Å². The molecule has 2 aliphatic rings. The van der Waals surface area contributed by atoms with Gasteiger partial charge in [0, 0.05) is 18.7 Å². The summed E-state index contributed by atoms with van der Waals surface area (Å²) in [6.45, 7) is 4.73.